The van der Waals surface area contributed by atoms with E-state index >= 15 is 0 Å². The lowest BCUT2D eigenvalue weighted by Gasteiger charge is -2.30. The highest BCUT2D eigenvalue weighted by molar-refractivity contribution is 14.1. The molecule has 1 fully saturated rings. The normalized spacial score (nSPS) is 22.4. The fraction of sp³-hybridized carbons (Fsp3) is 0.533. The number of hydrogen-bond donors (Lipinski definition) is 1. The third-order valence-electron chi connectivity index (χ3n) is 4.07. The summed E-state index contributed by atoms with van der Waals surface area (Å²) >= 11 is 6.73. The quantitative estimate of drug-likeness (QED) is 0.318. The van der Waals surface area contributed by atoms with Crippen molar-refractivity contribution in [2.45, 2.75) is 25.9 Å². The smallest absolute Gasteiger partial charge is 0.339 e. The Labute approximate surface area is 167 Å². The lowest BCUT2D eigenvalue weighted by atomic mass is 9.90. The number of esters is 1. The predicted molar refractivity (Wildman–Crippen MR) is 109 cm³/mol. The van der Waals surface area contributed by atoms with Crippen LogP contribution in [0.15, 0.2) is 12.1 Å². The fourth-order valence-electron chi connectivity index (χ4n) is 2.72. The van der Waals surface area contributed by atoms with Crippen molar-refractivity contribution in [3.05, 3.63) is 28.4 Å². The lowest BCUT2D eigenvalue weighted by Crippen LogP contribution is -3.07. The van der Waals surface area contributed by atoms with Crippen LogP contribution in [0.4, 0.5) is 0 Å². The van der Waals surface area contributed by atoms with Gasteiger partial charge in [0.2, 0.25) is 0 Å². The molecule has 0 radical (unpaired) electrons. The van der Waals surface area contributed by atoms with Crippen LogP contribution in [0, 0.1) is 16.6 Å². The van der Waals surface area contributed by atoms with Gasteiger partial charge in [-0.15, -0.1) is 0 Å². The van der Waals surface area contributed by atoms with E-state index in [1.165, 1.54) is 4.90 Å². The van der Waals surface area contributed by atoms with Gasteiger partial charge in [0.1, 0.15) is 5.60 Å². The Morgan fingerprint density at radius 3 is 2.57 bits per heavy atom. The number of rotatable bonds is 3. The molecule has 21 heavy (non-hydrogen) atoms. The van der Waals surface area contributed by atoms with Gasteiger partial charge in [-0.2, -0.15) is 0 Å². The third kappa shape index (κ3) is 4.43. The minimum atomic E-state index is -0.412. The van der Waals surface area contributed by atoms with Gasteiger partial charge >= 0.3 is 5.97 Å². The van der Waals surface area contributed by atoms with Crippen LogP contribution in [-0.2, 0) is 4.74 Å². The Hall–Kier alpha value is 0.840. The third-order valence-corrected chi connectivity index (χ3v) is 7.73. The van der Waals surface area contributed by atoms with Crippen molar-refractivity contribution in [3.8, 4) is 0 Å². The number of halogens is 3. The second-order valence-corrected chi connectivity index (χ2v) is 9.63. The number of carbonyl (C=O) groups excluding carboxylic acids is 1. The van der Waals surface area contributed by atoms with Crippen LogP contribution in [0.3, 0.4) is 0 Å². The van der Waals surface area contributed by atoms with E-state index in [1.807, 2.05) is 19.9 Å². The maximum absolute atomic E-state index is 12.6. The molecule has 1 aromatic rings. The summed E-state index contributed by atoms with van der Waals surface area (Å²) in [6, 6.07) is 3.98. The Morgan fingerprint density at radius 1 is 1.33 bits per heavy atom. The molecular formula is C15H19I3NO2+. The zero-order valence-electron chi connectivity index (χ0n) is 12.3. The summed E-state index contributed by atoms with van der Waals surface area (Å²) in [5.41, 5.74) is 0.267. The molecule has 0 bridgehead atoms. The summed E-state index contributed by atoms with van der Waals surface area (Å²) in [5.74, 6) is 0.228. The molecule has 2 unspecified atom stereocenters. The van der Waals surface area contributed by atoms with Crippen LogP contribution in [0.5, 0.6) is 0 Å². The van der Waals surface area contributed by atoms with Crippen LogP contribution in [0.25, 0.3) is 0 Å². The molecule has 116 valence electrons. The SMILES string of the molecule is C[NH+]1CCC(C(C)(C)OC(=O)c2cc(I)cc(I)c2I)C1. The molecule has 0 aromatic heterocycles. The van der Waals surface area contributed by atoms with Crippen molar-refractivity contribution in [2.75, 3.05) is 20.1 Å². The van der Waals surface area contributed by atoms with E-state index in [2.05, 4.69) is 80.9 Å². The monoisotopic (exact) mass is 626 g/mol. The molecule has 0 saturated carbocycles. The van der Waals surface area contributed by atoms with Crippen LogP contribution < -0.4 is 4.90 Å². The number of quaternary nitrogens is 1. The van der Waals surface area contributed by atoms with Gasteiger partial charge in [-0.05, 0) is 93.8 Å². The van der Waals surface area contributed by atoms with E-state index in [4.69, 9.17) is 4.74 Å². The molecule has 0 spiro atoms. The molecular weight excluding hydrogens is 607 g/mol. The Morgan fingerprint density at radius 2 is 2.00 bits per heavy atom. The minimum Gasteiger partial charge on any atom is -0.456 e. The molecule has 2 rings (SSSR count). The molecule has 3 nitrogen and oxygen atoms in total. The Kier molecular flexibility index (Phi) is 6.20. The van der Waals surface area contributed by atoms with Gasteiger partial charge in [-0.1, -0.05) is 0 Å². The summed E-state index contributed by atoms with van der Waals surface area (Å²) in [5, 5.41) is 0. The van der Waals surface area contributed by atoms with E-state index in [0.717, 1.165) is 30.2 Å². The van der Waals surface area contributed by atoms with Gasteiger partial charge < -0.3 is 9.64 Å². The number of benzene rings is 1. The van der Waals surface area contributed by atoms with E-state index in [1.54, 1.807) is 0 Å². The number of likely N-dealkylation sites (tertiary alicyclic amines) is 1. The van der Waals surface area contributed by atoms with Crippen LogP contribution in [0.2, 0.25) is 0 Å². The lowest BCUT2D eigenvalue weighted by molar-refractivity contribution is -0.868. The zero-order valence-corrected chi connectivity index (χ0v) is 18.8. The number of ether oxygens (including phenoxy) is 1. The molecule has 1 aliphatic heterocycles. The first-order chi connectivity index (χ1) is 9.70. The highest BCUT2D eigenvalue weighted by Gasteiger charge is 2.40. The van der Waals surface area contributed by atoms with Crippen LogP contribution in [-0.4, -0.2) is 31.7 Å². The summed E-state index contributed by atoms with van der Waals surface area (Å²) in [6.07, 6.45) is 1.12. The van der Waals surface area contributed by atoms with Gasteiger partial charge in [0.05, 0.1) is 31.6 Å². The largest absolute Gasteiger partial charge is 0.456 e. The average molecular weight is 626 g/mol. The second kappa shape index (κ2) is 7.16. The molecule has 6 heteroatoms. The summed E-state index contributed by atoms with van der Waals surface area (Å²) in [4.78, 5) is 14.1. The first kappa shape index (κ1) is 18.2. The number of nitrogens with one attached hydrogen (secondary N) is 1. The van der Waals surface area contributed by atoms with E-state index in [9.17, 15) is 4.79 Å². The molecule has 1 saturated heterocycles. The Bertz CT molecular complexity index is 560. The van der Waals surface area contributed by atoms with Crippen molar-refractivity contribution in [1.29, 1.82) is 0 Å². The van der Waals surface area contributed by atoms with Crippen molar-refractivity contribution in [1.82, 2.24) is 0 Å². The summed E-state index contributed by atoms with van der Waals surface area (Å²) < 4.78 is 9.01. The van der Waals surface area contributed by atoms with E-state index in [-0.39, 0.29) is 5.97 Å². The molecule has 0 aliphatic carbocycles. The van der Waals surface area contributed by atoms with Gasteiger partial charge in [0, 0.05) is 17.1 Å². The summed E-state index contributed by atoms with van der Waals surface area (Å²) in [7, 11) is 2.20. The first-order valence-corrected chi connectivity index (χ1v) is 10.1. The van der Waals surface area contributed by atoms with E-state index in [0.29, 0.717) is 11.5 Å². The van der Waals surface area contributed by atoms with Crippen LogP contribution in [0.1, 0.15) is 30.6 Å². The van der Waals surface area contributed by atoms with Crippen LogP contribution >= 0.6 is 67.8 Å². The topological polar surface area (TPSA) is 30.7 Å². The van der Waals surface area contributed by atoms with Gasteiger partial charge in [-0.25, -0.2) is 4.79 Å². The number of carbonyl (C=O) groups is 1. The Balaban J connectivity index is 2.18. The van der Waals surface area contributed by atoms with Crippen molar-refractivity contribution in [3.63, 3.8) is 0 Å². The van der Waals surface area contributed by atoms with Crippen molar-refractivity contribution >= 4 is 73.7 Å². The van der Waals surface area contributed by atoms with Gasteiger partial charge in [0.25, 0.3) is 0 Å². The standard InChI is InChI=1S/C15H18I3NO2/c1-15(2,9-4-5-19(3)8-9)21-14(20)11-6-10(16)7-12(17)13(11)18/h6-7,9H,4-5,8H2,1-3H3/p+1. The molecule has 0 amide bonds. The maximum Gasteiger partial charge on any atom is 0.339 e. The molecule has 2 atom stereocenters. The predicted octanol–water partition coefficient (Wildman–Crippen LogP) is 2.97. The zero-order chi connectivity index (χ0) is 15.8. The first-order valence-electron chi connectivity index (χ1n) is 6.90. The highest BCUT2D eigenvalue weighted by atomic mass is 127. The maximum atomic E-state index is 12.6. The molecule has 1 aromatic carbocycles. The second-order valence-electron chi connectivity index (χ2n) is 6.14. The van der Waals surface area contributed by atoms with Gasteiger partial charge in [0.15, 0.2) is 0 Å². The van der Waals surface area contributed by atoms with Crippen molar-refractivity contribution < 1.29 is 14.4 Å². The van der Waals surface area contributed by atoms with Crippen molar-refractivity contribution in [2.24, 2.45) is 5.92 Å². The molecule has 1 heterocycles. The average Bonchev–Trinajstić information content (AvgIpc) is 2.80. The summed E-state index contributed by atoms with van der Waals surface area (Å²) in [6.45, 7) is 6.31. The van der Waals surface area contributed by atoms with Gasteiger partial charge in [-0.3, -0.25) is 0 Å². The fourth-order valence-corrected chi connectivity index (χ4v) is 5.10. The van der Waals surface area contributed by atoms with E-state index < -0.39 is 5.60 Å². The minimum absolute atomic E-state index is 0.203. The molecule has 1 aliphatic rings. The molecule has 1 N–H and O–H groups in total. The number of hydrogen-bond acceptors (Lipinski definition) is 2. The highest BCUT2D eigenvalue weighted by Crippen LogP contribution is 2.29.